The smallest absolute Gasteiger partial charge is 0.00140 e. The summed E-state index contributed by atoms with van der Waals surface area (Å²) in [7, 11) is 0. The molecule has 0 atom stereocenters. The van der Waals surface area contributed by atoms with Crippen LogP contribution in [0.2, 0.25) is 0 Å². The Morgan fingerprint density at radius 2 is 1.70 bits per heavy atom. The molecule has 0 nitrogen and oxygen atoms in total. The summed E-state index contributed by atoms with van der Waals surface area (Å²) in [4.78, 5) is 0. The number of allylic oxidation sites excluding steroid dienone is 7. The van der Waals surface area contributed by atoms with Gasteiger partial charge < -0.3 is 0 Å². The van der Waals surface area contributed by atoms with Crippen molar-refractivity contribution in [1.82, 2.24) is 0 Å². The first-order valence-corrected chi connectivity index (χ1v) is 8.07. The van der Waals surface area contributed by atoms with Gasteiger partial charge in [0, 0.05) is 0 Å². The molecule has 1 aliphatic carbocycles. The average molecular weight is 298 g/mol. The minimum absolute atomic E-state index is 0.976. The first-order chi connectivity index (χ1) is 11.2. The maximum absolute atomic E-state index is 3.91. The highest BCUT2D eigenvalue weighted by molar-refractivity contribution is 5.78. The van der Waals surface area contributed by atoms with Crippen LogP contribution < -0.4 is 0 Å². The van der Waals surface area contributed by atoms with E-state index in [9.17, 15) is 0 Å². The second-order valence-corrected chi connectivity index (χ2v) is 5.96. The third-order valence-electron chi connectivity index (χ3n) is 4.32. The van der Waals surface area contributed by atoms with Crippen molar-refractivity contribution in [2.75, 3.05) is 0 Å². The van der Waals surface area contributed by atoms with Gasteiger partial charge in [-0.25, -0.2) is 0 Å². The molecule has 114 valence electrons. The van der Waals surface area contributed by atoms with Gasteiger partial charge in [-0.2, -0.15) is 0 Å². The van der Waals surface area contributed by atoms with Crippen molar-refractivity contribution in [2.45, 2.75) is 20.3 Å². The minimum Gasteiger partial charge on any atom is -0.0985 e. The third kappa shape index (κ3) is 3.27. The molecule has 0 saturated carbocycles. The number of aryl methyl sites for hydroxylation is 1. The highest BCUT2D eigenvalue weighted by Gasteiger charge is 2.13. The van der Waals surface area contributed by atoms with Crippen LogP contribution in [0.3, 0.4) is 0 Å². The molecule has 3 rings (SSSR count). The van der Waals surface area contributed by atoms with Gasteiger partial charge in [-0.15, -0.1) is 0 Å². The summed E-state index contributed by atoms with van der Waals surface area (Å²) in [6, 6.07) is 17.4. The van der Waals surface area contributed by atoms with E-state index in [1.807, 2.05) is 6.08 Å². The summed E-state index contributed by atoms with van der Waals surface area (Å²) < 4.78 is 0. The van der Waals surface area contributed by atoms with Crippen molar-refractivity contribution in [3.63, 3.8) is 0 Å². The summed E-state index contributed by atoms with van der Waals surface area (Å²) in [5.74, 6) is 0. The summed E-state index contributed by atoms with van der Waals surface area (Å²) in [5, 5.41) is 0. The van der Waals surface area contributed by atoms with Gasteiger partial charge in [0.05, 0.1) is 0 Å². The van der Waals surface area contributed by atoms with E-state index in [1.54, 1.807) is 0 Å². The van der Waals surface area contributed by atoms with Crippen LogP contribution in [-0.2, 0) is 0 Å². The summed E-state index contributed by atoms with van der Waals surface area (Å²) >= 11 is 0. The highest BCUT2D eigenvalue weighted by atomic mass is 14.2. The fraction of sp³-hybridized carbons (Fsp3) is 0.130. The van der Waals surface area contributed by atoms with E-state index in [0.717, 1.165) is 6.42 Å². The second kappa shape index (κ2) is 6.66. The van der Waals surface area contributed by atoms with Crippen LogP contribution in [0.15, 0.2) is 90.6 Å². The van der Waals surface area contributed by atoms with Crippen LogP contribution in [0.1, 0.15) is 24.5 Å². The first-order valence-electron chi connectivity index (χ1n) is 8.07. The molecule has 0 amide bonds. The lowest BCUT2D eigenvalue weighted by molar-refractivity contribution is 1.28. The molecule has 0 saturated heterocycles. The van der Waals surface area contributed by atoms with Crippen LogP contribution in [0.4, 0.5) is 0 Å². The molecule has 0 radical (unpaired) electrons. The number of rotatable bonds is 4. The van der Waals surface area contributed by atoms with Gasteiger partial charge in [0.15, 0.2) is 0 Å². The van der Waals surface area contributed by atoms with Crippen molar-refractivity contribution in [3.8, 4) is 11.1 Å². The Bertz CT molecular complexity index is 814. The van der Waals surface area contributed by atoms with Crippen molar-refractivity contribution in [3.05, 3.63) is 102 Å². The van der Waals surface area contributed by atoms with E-state index in [1.165, 1.54) is 39.0 Å². The third-order valence-corrected chi connectivity index (χ3v) is 4.32. The van der Waals surface area contributed by atoms with E-state index < -0.39 is 0 Å². The minimum atomic E-state index is 0.976. The number of hydrogen-bond donors (Lipinski definition) is 0. The lowest BCUT2D eigenvalue weighted by atomic mass is 9.94. The van der Waals surface area contributed by atoms with Gasteiger partial charge in [-0.1, -0.05) is 73.3 Å². The number of benzene rings is 2. The molecular weight excluding hydrogens is 276 g/mol. The Hall–Kier alpha value is -2.60. The summed E-state index contributed by atoms with van der Waals surface area (Å²) in [6.07, 6.45) is 9.50. The molecule has 0 fully saturated rings. The van der Waals surface area contributed by atoms with Crippen LogP contribution in [0.5, 0.6) is 0 Å². The lowest BCUT2D eigenvalue weighted by Gasteiger charge is -2.11. The van der Waals surface area contributed by atoms with Crippen LogP contribution >= 0.6 is 0 Å². The zero-order chi connectivity index (χ0) is 16.2. The quantitative estimate of drug-likeness (QED) is 0.564. The molecule has 1 aliphatic rings. The molecule has 0 aliphatic heterocycles. The molecular formula is C23H22. The highest BCUT2D eigenvalue weighted by Crippen LogP contribution is 2.34. The van der Waals surface area contributed by atoms with Crippen LogP contribution in [0.25, 0.3) is 16.7 Å². The Labute approximate surface area is 139 Å². The van der Waals surface area contributed by atoms with Gasteiger partial charge in [0.2, 0.25) is 0 Å². The van der Waals surface area contributed by atoms with Gasteiger partial charge in [-0.05, 0) is 65.3 Å². The molecule has 2 aromatic rings. The zero-order valence-electron chi connectivity index (χ0n) is 13.8. The second-order valence-electron chi connectivity index (χ2n) is 5.96. The molecule has 0 N–H and O–H groups in total. The number of hydrogen-bond acceptors (Lipinski definition) is 0. The molecule has 0 aromatic heterocycles. The van der Waals surface area contributed by atoms with E-state index in [2.05, 4.69) is 87.2 Å². The largest absolute Gasteiger partial charge is 0.0985 e. The normalized spacial score (nSPS) is 14.4. The Balaban J connectivity index is 1.91. The maximum atomic E-state index is 3.91. The first kappa shape index (κ1) is 15.3. The summed E-state index contributed by atoms with van der Waals surface area (Å²) in [6.45, 7) is 8.14. The topological polar surface area (TPSA) is 0 Å². The predicted octanol–water partition coefficient (Wildman–Crippen LogP) is 6.51. The van der Waals surface area contributed by atoms with E-state index in [4.69, 9.17) is 0 Å². The van der Waals surface area contributed by atoms with Gasteiger partial charge in [0.1, 0.15) is 0 Å². The Morgan fingerprint density at radius 1 is 0.957 bits per heavy atom. The fourth-order valence-corrected chi connectivity index (χ4v) is 3.12. The fourth-order valence-electron chi connectivity index (χ4n) is 3.12. The Kier molecular flexibility index (Phi) is 4.43. The van der Waals surface area contributed by atoms with Gasteiger partial charge >= 0.3 is 0 Å². The molecule has 0 spiro atoms. The standard InChI is InChI=1S/C23H22/c1-4-18(5-2)20-11-12-21(15-20)23-14-17(3)13-22(16-23)19-9-7-6-8-10-19/h4-14,16H,1,15H2,2-3H3/b18-5+. The van der Waals surface area contributed by atoms with E-state index in [-0.39, 0.29) is 0 Å². The van der Waals surface area contributed by atoms with Crippen molar-refractivity contribution in [2.24, 2.45) is 0 Å². The van der Waals surface area contributed by atoms with Crippen LogP contribution in [-0.4, -0.2) is 0 Å². The predicted molar refractivity (Wildman–Crippen MR) is 101 cm³/mol. The molecule has 23 heavy (non-hydrogen) atoms. The van der Waals surface area contributed by atoms with E-state index >= 15 is 0 Å². The van der Waals surface area contributed by atoms with Crippen molar-refractivity contribution >= 4 is 5.57 Å². The molecule has 0 unspecified atom stereocenters. The summed E-state index contributed by atoms with van der Waals surface area (Å²) in [5.41, 5.74) is 9.12. The van der Waals surface area contributed by atoms with E-state index in [0.29, 0.717) is 0 Å². The molecule has 0 bridgehead atoms. The molecule has 2 aromatic carbocycles. The molecule has 0 heterocycles. The SMILES string of the molecule is C=C/C(=C\C)C1=CC=C(c2cc(C)cc(-c3ccccc3)c2)C1. The van der Waals surface area contributed by atoms with Crippen LogP contribution in [0, 0.1) is 6.92 Å². The van der Waals surface area contributed by atoms with Crippen molar-refractivity contribution < 1.29 is 0 Å². The molecule has 0 heteroatoms. The monoisotopic (exact) mass is 298 g/mol. The zero-order valence-corrected chi connectivity index (χ0v) is 13.8. The maximum Gasteiger partial charge on any atom is -0.00140 e. The van der Waals surface area contributed by atoms with Gasteiger partial charge in [0.25, 0.3) is 0 Å². The van der Waals surface area contributed by atoms with Gasteiger partial charge in [-0.3, -0.25) is 0 Å². The Morgan fingerprint density at radius 3 is 2.39 bits per heavy atom. The van der Waals surface area contributed by atoms with Crippen molar-refractivity contribution in [1.29, 1.82) is 0 Å². The average Bonchev–Trinajstić information content (AvgIpc) is 3.06. The lowest BCUT2D eigenvalue weighted by Crippen LogP contribution is -1.89.